The topological polar surface area (TPSA) is 58.6 Å². The van der Waals surface area contributed by atoms with Gasteiger partial charge in [-0.1, -0.05) is 5.16 Å². The van der Waals surface area contributed by atoms with Gasteiger partial charge < -0.3 is 10.9 Å². The molecule has 0 aromatic heterocycles. The zero-order valence-electron chi connectivity index (χ0n) is 6.56. The average Bonchev–Trinajstić information content (AvgIpc) is 2.19. The number of rotatable bonds is 1. The summed E-state index contributed by atoms with van der Waals surface area (Å²) in [6.45, 7) is 0. The van der Waals surface area contributed by atoms with Crippen LogP contribution in [0.5, 0.6) is 0 Å². The van der Waals surface area contributed by atoms with Gasteiger partial charge in [0.1, 0.15) is 0 Å². The van der Waals surface area contributed by atoms with E-state index in [2.05, 4.69) is 5.16 Å². The van der Waals surface area contributed by atoms with E-state index >= 15 is 0 Å². The number of oxime groups is 1. The van der Waals surface area contributed by atoms with Gasteiger partial charge in [0, 0.05) is 0 Å². The Balaban J connectivity index is 3.48. The van der Waals surface area contributed by atoms with Gasteiger partial charge >= 0.3 is 0 Å². The maximum absolute atomic E-state index is 12.8. The fourth-order valence-corrected chi connectivity index (χ4v) is 0.813. The van der Waals surface area contributed by atoms with E-state index in [1.807, 2.05) is 0 Å². The molecular weight excluding hydrogens is 204 g/mol. The van der Waals surface area contributed by atoms with E-state index in [9.17, 15) is 17.6 Å². The van der Waals surface area contributed by atoms with Crippen molar-refractivity contribution in [2.45, 2.75) is 0 Å². The summed E-state index contributed by atoms with van der Waals surface area (Å²) in [5.74, 6) is -8.13. The summed E-state index contributed by atoms with van der Waals surface area (Å²) < 4.78 is 50.3. The van der Waals surface area contributed by atoms with Crippen LogP contribution in [0.1, 0.15) is 5.56 Å². The van der Waals surface area contributed by atoms with Crippen LogP contribution in [0.2, 0.25) is 0 Å². The third-order valence-electron chi connectivity index (χ3n) is 1.49. The molecule has 76 valence electrons. The maximum atomic E-state index is 12.8. The minimum atomic E-state index is -2.01. The molecule has 14 heavy (non-hydrogen) atoms. The Hall–Kier alpha value is -1.79. The molecule has 3 nitrogen and oxygen atoms in total. The molecular formula is C7H4F4N2O. The van der Waals surface area contributed by atoms with Crippen molar-refractivity contribution < 1.29 is 22.8 Å². The van der Waals surface area contributed by atoms with Crippen molar-refractivity contribution in [3.8, 4) is 0 Å². The summed E-state index contributed by atoms with van der Waals surface area (Å²) in [4.78, 5) is 0. The number of nitrogens with zero attached hydrogens (tertiary/aromatic N) is 1. The Labute approximate surface area is 75.4 Å². The van der Waals surface area contributed by atoms with Crippen LogP contribution in [0.25, 0.3) is 0 Å². The Morgan fingerprint density at radius 1 is 1.14 bits per heavy atom. The zero-order chi connectivity index (χ0) is 10.9. The molecule has 0 radical (unpaired) electrons. The van der Waals surface area contributed by atoms with Gasteiger partial charge in [0.2, 0.25) is 0 Å². The molecule has 0 saturated heterocycles. The van der Waals surface area contributed by atoms with Crippen molar-refractivity contribution in [3.05, 3.63) is 34.9 Å². The van der Waals surface area contributed by atoms with Crippen LogP contribution in [0.15, 0.2) is 11.2 Å². The van der Waals surface area contributed by atoms with Gasteiger partial charge in [-0.2, -0.15) is 0 Å². The first-order valence-electron chi connectivity index (χ1n) is 3.30. The Kier molecular flexibility index (Phi) is 2.59. The Morgan fingerprint density at radius 2 is 1.71 bits per heavy atom. The molecule has 0 spiro atoms. The second-order valence-corrected chi connectivity index (χ2v) is 2.33. The molecule has 0 aliphatic heterocycles. The van der Waals surface area contributed by atoms with E-state index in [0.717, 1.165) is 0 Å². The SMILES string of the molecule is NC(=NO)c1cc(F)c(F)c(F)c1F. The first-order valence-corrected chi connectivity index (χ1v) is 3.30. The third-order valence-corrected chi connectivity index (χ3v) is 1.49. The van der Waals surface area contributed by atoms with Crippen molar-refractivity contribution in [1.29, 1.82) is 0 Å². The molecule has 0 amide bonds. The molecule has 0 aliphatic rings. The van der Waals surface area contributed by atoms with Crippen molar-refractivity contribution >= 4 is 5.84 Å². The first kappa shape index (κ1) is 10.3. The van der Waals surface area contributed by atoms with E-state index in [4.69, 9.17) is 10.9 Å². The van der Waals surface area contributed by atoms with Crippen LogP contribution in [0, 0.1) is 23.3 Å². The molecule has 1 rings (SSSR count). The molecule has 1 aromatic carbocycles. The lowest BCUT2D eigenvalue weighted by Gasteiger charge is -2.03. The van der Waals surface area contributed by atoms with Crippen LogP contribution >= 0.6 is 0 Å². The van der Waals surface area contributed by atoms with Crippen LogP contribution < -0.4 is 5.73 Å². The van der Waals surface area contributed by atoms with Crippen LogP contribution in [0.3, 0.4) is 0 Å². The molecule has 0 heterocycles. The molecule has 7 heteroatoms. The summed E-state index contributed by atoms with van der Waals surface area (Å²) >= 11 is 0. The molecule has 0 atom stereocenters. The number of hydrogen-bond acceptors (Lipinski definition) is 2. The molecule has 3 N–H and O–H groups in total. The highest BCUT2D eigenvalue weighted by Gasteiger charge is 2.20. The fourth-order valence-electron chi connectivity index (χ4n) is 0.813. The summed E-state index contributed by atoms with van der Waals surface area (Å²) in [6, 6.07) is 0.294. The molecule has 1 aromatic rings. The Bertz CT molecular complexity index is 405. The molecule has 0 aliphatic carbocycles. The predicted molar refractivity (Wildman–Crippen MR) is 38.8 cm³/mol. The van der Waals surface area contributed by atoms with Crippen molar-refractivity contribution in [3.63, 3.8) is 0 Å². The van der Waals surface area contributed by atoms with Gasteiger partial charge in [-0.15, -0.1) is 0 Å². The second kappa shape index (κ2) is 3.52. The summed E-state index contributed by atoms with van der Waals surface area (Å²) in [5, 5.41) is 10.5. The number of benzene rings is 1. The van der Waals surface area contributed by atoms with E-state index in [-0.39, 0.29) is 0 Å². The quantitative estimate of drug-likeness (QED) is 0.139. The average molecular weight is 208 g/mol. The minimum Gasteiger partial charge on any atom is -0.409 e. The van der Waals surface area contributed by atoms with Crippen molar-refractivity contribution in [2.75, 3.05) is 0 Å². The van der Waals surface area contributed by atoms with Crippen molar-refractivity contribution in [1.82, 2.24) is 0 Å². The zero-order valence-corrected chi connectivity index (χ0v) is 6.56. The highest BCUT2D eigenvalue weighted by Crippen LogP contribution is 2.18. The van der Waals surface area contributed by atoms with E-state index in [0.29, 0.717) is 6.07 Å². The molecule has 0 fully saturated rings. The minimum absolute atomic E-state index is 0.294. The van der Waals surface area contributed by atoms with Gasteiger partial charge in [0.25, 0.3) is 0 Å². The van der Waals surface area contributed by atoms with Gasteiger partial charge in [-0.05, 0) is 6.07 Å². The predicted octanol–water partition coefficient (Wildman–Crippen LogP) is 1.34. The third kappa shape index (κ3) is 1.48. The van der Waals surface area contributed by atoms with E-state index in [1.165, 1.54) is 0 Å². The standard InChI is InChI=1S/C7H4F4N2O/c8-3-1-2(7(12)13-14)4(9)6(11)5(3)10/h1,14H,(H2,12,13). The van der Waals surface area contributed by atoms with Crippen LogP contribution in [-0.4, -0.2) is 11.0 Å². The lowest BCUT2D eigenvalue weighted by atomic mass is 10.1. The molecule has 0 bridgehead atoms. The highest BCUT2D eigenvalue weighted by atomic mass is 19.2. The summed E-state index contributed by atoms with van der Waals surface area (Å²) in [5.41, 5.74) is 4.04. The smallest absolute Gasteiger partial charge is 0.198 e. The van der Waals surface area contributed by atoms with Gasteiger partial charge in [-0.25, -0.2) is 17.6 Å². The number of halogens is 4. The molecule has 0 unspecified atom stereocenters. The number of hydrogen-bond donors (Lipinski definition) is 2. The summed E-state index contributed by atoms with van der Waals surface area (Å²) in [7, 11) is 0. The van der Waals surface area contributed by atoms with Crippen LogP contribution in [0.4, 0.5) is 17.6 Å². The lowest BCUT2D eigenvalue weighted by molar-refractivity contribution is 0.318. The van der Waals surface area contributed by atoms with E-state index in [1.54, 1.807) is 0 Å². The summed E-state index contributed by atoms with van der Waals surface area (Å²) in [6.07, 6.45) is 0. The van der Waals surface area contributed by atoms with Gasteiger partial charge in [0.05, 0.1) is 5.56 Å². The van der Waals surface area contributed by atoms with E-state index < -0.39 is 34.7 Å². The van der Waals surface area contributed by atoms with Gasteiger partial charge in [0.15, 0.2) is 29.1 Å². The second-order valence-electron chi connectivity index (χ2n) is 2.33. The highest BCUT2D eigenvalue weighted by molar-refractivity contribution is 5.97. The number of nitrogens with two attached hydrogens (primary N) is 1. The monoisotopic (exact) mass is 208 g/mol. The van der Waals surface area contributed by atoms with Crippen LogP contribution in [-0.2, 0) is 0 Å². The Morgan fingerprint density at radius 3 is 2.21 bits per heavy atom. The molecule has 0 saturated carbocycles. The maximum Gasteiger partial charge on any atom is 0.198 e. The largest absolute Gasteiger partial charge is 0.409 e. The number of amidine groups is 1. The first-order chi connectivity index (χ1) is 6.49. The lowest BCUT2D eigenvalue weighted by Crippen LogP contribution is -2.17. The van der Waals surface area contributed by atoms with Gasteiger partial charge in [-0.3, -0.25) is 0 Å². The fraction of sp³-hybridized carbons (Fsp3) is 0. The normalized spacial score (nSPS) is 11.9. The van der Waals surface area contributed by atoms with Crippen molar-refractivity contribution in [2.24, 2.45) is 10.9 Å².